The predicted molar refractivity (Wildman–Crippen MR) is 86.4 cm³/mol. The van der Waals surface area contributed by atoms with E-state index in [0.29, 0.717) is 16.6 Å². The van der Waals surface area contributed by atoms with Gasteiger partial charge in [-0.1, -0.05) is 11.6 Å². The molecule has 0 bridgehead atoms. The SMILES string of the molecule is COc1ccc(Cl)cc1Nc1cc(N2CCOCC2)ncn1. The zero-order valence-electron chi connectivity index (χ0n) is 12.3. The van der Waals surface area contributed by atoms with Crippen LogP contribution in [0.15, 0.2) is 30.6 Å². The van der Waals surface area contributed by atoms with Crippen molar-refractivity contribution >= 4 is 28.9 Å². The van der Waals surface area contributed by atoms with Gasteiger partial charge in [-0.05, 0) is 18.2 Å². The second-order valence-corrected chi connectivity index (χ2v) is 5.27. The fraction of sp³-hybridized carbons (Fsp3) is 0.333. The minimum Gasteiger partial charge on any atom is -0.495 e. The maximum atomic E-state index is 6.04. The first-order valence-corrected chi connectivity index (χ1v) is 7.39. The number of ether oxygens (including phenoxy) is 2. The van der Waals surface area contributed by atoms with E-state index in [4.69, 9.17) is 21.1 Å². The molecule has 0 atom stereocenters. The summed E-state index contributed by atoms with van der Waals surface area (Å²) in [6, 6.07) is 7.31. The van der Waals surface area contributed by atoms with Crippen molar-refractivity contribution in [2.75, 3.05) is 43.6 Å². The van der Waals surface area contributed by atoms with Crippen molar-refractivity contribution in [3.05, 3.63) is 35.6 Å². The van der Waals surface area contributed by atoms with E-state index in [1.54, 1.807) is 25.6 Å². The minimum absolute atomic E-state index is 0.630. The standard InChI is InChI=1S/C15H17ClN4O2/c1-21-13-3-2-11(16)8-12(13)19-14-9-15(18-10-17-14)20-4-6-22-7-5-20/h2-3,8-10H,4-7H2,1H3,(H,17,18,19). The topological polar surface area (TPSA) is 59.5 Å². The number of rotatable bonds is 4. The lowest BCUT2D eigenvalue weighted by atomic mass is 10.3. The van der Waals surface area contributed by atoms with E-state index in [0.717, 1.165) is 37.8 Å². The minimum atomic E-state index is 0.630. The van der Waals surface area contributed by atoms with E-state index < -0.39 is 0 Å². The van der Waals surface area contributed by atoms with Crippen molar-refractivity contribution in [3.63, 3.8) is 0 Å². The number of benzene rings is 1. The van der Waals surface area contributed by atoms with Gasteiger partial charge in [0.25, 0.3) is 0 Å². The molecule has 7 heteroatoms. The van der Waals surface area contributed by atoms with Gasteiger partial charge in [-0.15, -0.1) is 0 Å². The lowest BCUT2D eigenvalue weighted by molar-refractivity contribution is 0.122. The summed E-state index contributed by atoms with van der Waals surface area (Å²) in [5, 5.41) is 3.86. The second-order valence-electron chi connectivity index (χ2n) is 4.83. The number of halogens is 1. The van der Waals surface area contributed by atoms with Gasteiger partial charge in [0.2, 0.25) is 0 Å². The van der Waals surface area contributed by atoms with E-state index in [1.165, 1.54) is 0 Å². The highest BCUT2D eigenvalue weighted by Crippen LogP contribution is 2.30. The molecule has 3 rings (SSSR count). The molecule has 6 nitrogen and oxygen atoms in total. The Kier molecular flexibility index (Phi) is 4.60. The molecule has 1 N–H and O–H groups in total. The van der Waals surface area contributed by atoms with Crippen LogP contribution in [0.1, 0.15) is 0 Å². The van der Waals surface area contributed by atoms with Gasteiger partial charge in [0.1, 0.15) is 23.7 Å². The second kappa shape index (κ2) is 6.81. The van der Waals surface area contributed by atoms with Gasteiger partial charge in [-0.25, -0.2) is 9.97 Å². The maximum absolute atomic E-state index is 6.04. The fourth-order valence-corrected chi connectivity index (χ4v) is 2.47. The van der Waals surface area contributed by atoms with Gasteiger partial charge in [0.05, 0.1) is 26.0 Å². The summed E-state index contributed by atoms with van der Waals surface area (Å²) in [6.45, 7) is 3.09. The summed E-state index contributed by atoms with van der Waals surface area (Å²) in [5.41, 5.74) is 0.765. The average Bonchev–Trinajstić information content (AvgIpc) is 2.56. The van der Waals surface area contributed by atoms with Crippen molar-refractivity contribution in [2.24, 2.45) is 0 Å². The molecule has 2 aromatic rings. The van der Waals surface area contributed by atoms with Crippen molar-refractivity contribution in [1.82, 2.24) is 9.97 Å². The average molecular weight is 321 g/mol. The van der Waals surface area contributed by atoms with Crippen LogP contribution in [0, 0.1) is 0 Å². The molecule has 0 unspecified atom stereocenters. The molecule has 0 spiro atoms. The number of morpholine rings is 1. The van der Waals surface area contributed by atoms with Crippen LogP contribution in [0.2, 0.25) is 5.02 Å². The van der Waals surface area contributed by atoms with Gasteiger partial charge < -0.3 is 19.7 Å². The Morgan fingerprint density at radius 1 is 1.23 bits per heavy atom. The number of hydrogen-bond donors (Lipinski definition) is 1. The molecule has 1 saturated heterocycles. The molecular formula is C15H17ClN4O2. The Balaban J connectivity index is 1.82. The highest BCUT2D eigenvalue weighted by molar-refractivity contribution is 6.31. The van der Waals surface area contributed by atoms with Crippen LogP contribution in [0.25, 0.3) is 0 Å². The van der Waals surface area contributed by atoms with Crippen LogP contribution in [-0.4, -0.2) is 43.4 Å². The molecule has 116 valence electrons. The normalized spacial score (nSPS) is 14.7. The van der Waals surface area contributed by atoms with Crippen LogP contribution in [0.3, 0.4) is 0 Å². The molecular weight excluding hydrogens is 304 g/mol. The zero-order valence-corrected chi connectivity index (χ0v) is 13.0. The number of anilines is 3. The third kappa shape index (κ3) is 3.40. The summed E-state index contributed by atoms with van der Waals surface area (Å²) in [7, 11) is 1.62. The zero-order chi connectivity index (χ0) is 15.4. The van der Waals surface area contributed by atoms with E-state index >= 15 is 0 Å². The van der Waals surface area contributed by atoms with E-state index in [2.05, 4.69) is 20.2 Å². The van der Waals surface area contributed by atoms with Crippen LogP contribution >= 0.6 is 11.6 Å². The summed E-state index contributed by atoms with van der Waals surface area (Å²) >= 11 is 6.04. The van der Waals surface area contributed by atoms with Gasteiger partial charge in [-0.3, -0.25) is 0 Å². The molecule has 0 amide bonds. The number of nitrogens with one attached hydrogen (secondary N) is 1. The summed E-state index contributed by atoms with van der Waals surface area (Å²) in [5.74, 6) is 2.27. The molecule has 0 saturated carbocycles. The number of aromatic nitrogens is 2. The van der Waals surface area contributed by atoms with Crippen LogP contribution in [0.5, 0.6) is 5.75 Å². The van der Waals surface area contributed by atoms with Crippen LogP contribution in [0.4, 0.5) is 17.3 Å². The summed E-state index contributed by atoms with van der Waals surface area (Å²) < 4.78 is 10.7. The third-order valence-electron chi connectivity index (χ3n) is 3.41. The van der Waals surface area contributed by atoms with E-state index in [1.807, 2.05) is 12.1 Å². The summed E-state index contributed by atoms with van der Waals surface area (Å²) in [6.07, 6.45) is 1.55. The first-order valence-electron chi connectivity index (χ1n) is 7.01. The molecule has 0 radical (unpaired) electrons. The fourth-order valence-electron chi connectivity index (χ4n) is 2.30. The Labute approximate surface area is 134 Å². The molecule has 22 heavy (non-hydrogen) atoms. The Morgan fingerprint density at radius 3 is 2.82 bits per heavy atom. The lowest BCUT2D eigenvalue weighted by Gasteiger charge is -2.27. The molecule has 1 aromatic heterocycles. The van der Waals surface area contributed by atoms with Crippen molar-refractivity contribution in [1.29, 1.82) is 0 Å². The Bertz CT molecular complexity index is 647. The van der Waals surface area contributed by atoms with E-state index in [-0.39, 0.29) is 0 Å². The molecule has 0 aliphatic carbocycles. The summed E-state index contributed by atoms with van der Waals surface area (Å²) in [4.78, 5) is 10.8. The molecule has 2 heterocycles. The smallest absolute Gasteiger partial charge is 0.142 e. The maximum Gasteiger partial charge on any atom is 0.142 e. The van der Waals surface area contributed by atoms with Gasteiger partial charge in [0.15, 0.2) is 0 Å². The quantitative estimate of drug-likeness (QED) is 0.934. The highest BCUT2D eigenvalue weighted by Gasteiger charge is 2.13. The Morgan fingerprint density at radius 2 is 2.05 bits per heavy atom. The van der Waals surface area contributed by atoms with Crippen LogP contribution < -0.4 is 15.0 Å². The van der Waals surface area contributed by atoms with Crippen LogP contribution in [-0.2, 0) is 4.74 Å². The monoisotopic (exact) mass is 320 g/mol. The first kappa shape index (κ1) is 14.9. The lowest BCUT2D eigenvalue weighted by Crippen LogP contribution is -2.36. The number of nitrogens with zero attached hydrogens (tertiary/aromatic N) is 3. The highest BCUT2D eigenvalue weighted by atomic mass is 35.5. The Hall–Kier alpha value is -2.05. The van der Waals surface area contributed by atoms with Crippen molar-refractivity contribution in [3.8, 4) is 5.75 Å². The molecule has 1 aromatic carbocycles. The van der Waals surface area contributed by atoms with E-state index in [9.17, 15) is 0 Å². The van der Waals surface area contributed by atoms with Gasteiger partial charge in [0, 0.05) is 24.2 Å². The van der Waals surface area contributed by atoms with Gasteiger partial charge in [-0.2, -0.15) is 0 Å². The first-order chi connectivity index (χ1) is 10.8. The van der Waals surface area contributed by atoms with Gasteiger partial charge >= 0.3 is 0 Å². The third-order valence-corrected chi connectivity index (χ3v) is 3.65. The van der Waals surface area contributed by atoms with Crippen molar-refractivity contribution < 1.29 is 9.47 Å². The molecule has 1 fully saturated rings. The number of methoxy groups -OCH3 is 1. The number of hydrogen-bond acceptors (Lipinski definition) is 6. The molecule has 1 aliphatic rings. The predicted octanol–water partition coefficient (Wildman–Crippen LogP) is 2.72. The van der Waals surface area contributed by atoms with Crippen molar-refractivity contribution in [2.45, 2.75) is 0 Å². The largest absolute Gasteiger partial charge is 0.495 e. The molecule has 1 aliphatic heterocycles.